The molecule has 0 radical (unpaired) electrons. The third kappa shape index (κ3) is 3.33. The van der Waals surface area contributed by atoms with Gasteiger partial charge in [-0.3, -0.25) is 14.4 Å². The minimum Gasteiger partial charge on any atom is -0.465 e. The molecule has 1 spiro atoms. The molecule has 8 heteroatoms. The molecule has 7 nitrogen and oxygen atoms in total. The summed E-state index contributed by atoms with van der Waals surface area (Å²) in [6.45, 7) is 10.2. The molecule has 32 heavy (non-hydrogen) atoms. The Morgan fingerprint density at radius 3 is 2.56 bits per heavy atom. The lowest BCUT2D eigenvalue weighted by Gasteiger charge is -2.42. The van der Waals surface area contributed by atoms with E-state index in [-0.39, 0.29) is 24.4 Å². The van der Waals surface area contributed by atoms with Crippen molar-refractivity contribution in [1.82, 2.24) is 9.80 Å². The van der Waals surface area contributed by atoms with Crippen LogP contribution in [0.4, 0.5) is 0 Å². The molecule has 4 aliphatic heterocycles. The fourth-order valence-electron chi connectivity index (χ4n) is 5.74. The van der Waals surface area contributed by atoms with Crippen molar-refractivity contribution < 1.29 is 24.2 Å². The van der Waals surface area contributed by atoms with Gasteiger partial charge in [0.15, 0.2) is 0 Å². The Morgan fingerprint density at radius 1 is 1.19 bits per heavy atom. The van der Waals surface area contributed by atoms with E-state index in [1.165, 1.54) is 16.7 Å². The first-order valence-electron chi connectivity index (χ1n) is 11.4. The number of allylic oxidation sites excluding steroid dienone is 1. The Balaban J connectivity index is 1.91. The molecule has 1 unspecified atom stereocenters. The molecular weight excluding hydrogens is 428 g/mol. The molecule has 0 bridgehead atoms. The van der Waals surface area contributed by atoms with Crippen LogP contribution >= 0.6 is 11.8 Å². The average Bonchev–Trinajstić information content (AvgIpc) is 3.06. The smallest absolute Gasteiger partial charge is 0.311 e. The number of thioether (sulfide) groups is 1. The number of nitrogens with zero attached hydrogens (tertiary/aromatic N) is 2. The third-order valence-corrected chi connectivity index (χ3v) is 9.03. The van der Waals surface area contributed by atoms with E-state index in [1.807, 2.05) is 45.9 Å². The number of ether oxygens (including phenoxy) is 1. The summed E-state index contributed by atoms with van der Waals surface area (Å²) >= 11 is 1.53. The highest BCUT2D eigenvalue weighted by atomic mass is 32.2. The first-order chi connectivity index (χ1) is 15.0. The van der Waals surface area contributed by atoms with Gasteiger partial charge in [0.1, 0.15) is 6.04 Å². The number of cyclic esters (lactones) is 1. The Hall–Kier alpha value is -1.80. The molecule has 1 N–H and O–H groups in total. The van der Waals surface area contributed by atoms with Crippen LogP contribution in [0.2, 0.25) is 0 Å². The lowest BCUT2D eigenvalue weighted by molar-refractivity contribution is -0.154. The maximum atomic E-state index is 14.0. The second-order valence-corrected chi connectivity index (χ2v) is 12.3. The van der Waals surface area contributed by atoms with Gasteiger partial charge in [0.25, 0.3) is 0 Å². The lowest BCUT2D eigenvalue weighted by atomic mass is 9.74. The standard InChI is InChI=1S/C24H34N2O5S/c1-15(14-27)26-18-20(29)25(22(2,3)4)12-9-11-24(18)16(19(26)28)17-21(30)31-13-8-6-7-10-23(17,5)32-24/h7,9-11,15-18,27H,6,8,12-14H2,1-5H3/b10-7-/t15-,16+,17-,18?,23+,24+/m1/s1. The minimum atomic E-state index is -0.903. The number of rotatable bonds is 2. The van der Waals surface area contributed by atoms with Crippen LogP contribution in [-0.4, -0.2) is 79.6 Å². The van der Waals surface area contributed by atoms with Crippen molar-refractivity contribution in [2.24, 2.45) is 11.8 Å². The number of amides is 2. The summed E-state index contributed by atoms with van der Waals surface area (Å²) in [7, 11) is 0. The van der Waals surface area contributed by atoms with E-state index in [4.69, 9.17) is 4.74 Å². The summed E-state index contributed by atoms with van der Waals surface area (Å²) in [5.41, 5.74) is -0.437. The van der Waals surface area contributed by atoms with E-state index < -0.39 is 39.0 Å². The highest BCUT2D eigenvalue weighted by molar-refractivity contribution is 8.02. The first-order valence-corrected chi connectivity index (χ1v) is 12.3. The molecule has 176 valence electrons. The van der Waals surface area contributed by atoms with Gasteiger partial charge in [0, 0.05) is 16.8 Å². The third-order valence-electron chi connectivity index (χ3n) is 7.24. The zero-order chi connectivity index (χ0) is 23.5. The Labute approximate surface area is 194 Å². The van der Waals surface area contributed by atoms with E-state index in [1.54, 1.807) is 11.8 Å². The number of carbonyl (C=O) groups is 3. The van der Waals surface area contributed by atoms with Crippen molar-refractivity contribution >= 4 is 29.5 Å². The number of hydrogen-bond donors (Lipinski definition) is 1. The van der Waals surface area contributed by atoms with Gasteiger partial charge in [0.05, 0.1) is 35.8 Å². The monoisotopic (exact) mass is 462 g/mol. The molecule has 0 aromatic rings. The average molecular weight is 463 g/mol. The summed E-state index contributed by atoms with van der Waals surface area (Å²) in [5, 5.41) is 9.95. The summed E-state index contributed by atoms with van der Waals surface area (Å²) in [6, 6.07) is -1.33. The van der Waals surface area contributed by atoms with E-state index in [0.717, 1.165) is 12.8 Å². The zero-order valence-corrected chi connectivity index (χ0v) is 20.4. The highest BCUT2D eigenvalue weighted by Crippen LogP contribution is 2.65. The number of hydrogen-bond acceptors (Lipinski definition) is 6. The van der Waals surface area contributed by atoms with Crippen molar-refractivity contribution in [1.29, 1.82) is 0 Å². The van der Waals surface area contributed by atoms with E-state index in [2.05, 4.69) is 6.08 Å². The van der Waals surface area contributed by atoms with Crippen molar-refractivity contribution in [3.05, 3.63) is 24.3 Å². The van der Waals surface area contributed by atoms with Crippen LogP contribution in [0, 0.1) is 11.8 Å². The molecule has 2 amide bonds. The highest BCUT2D eigenvalue weighted by Gasteiger charge is 2.74. The summed E-state index contributed by atoms with van der Waals surface area (Å²) in [5.74, 6) is -2.20. The summed E-state index contributed by atoms with van der Waals surface area (Å²) < 4.78 is 4.02. The second kappa shape index (κ2) is 7.90. The summed E-state index contributed by atoms with van der Waals surface area (Å²) in [4.78, 5) is 44.6. The van der Waals surface area contributed by atoms with Crippen LogP contribution in [0.15, 0.2) is 24.3 Å². The second-order valence-electron chi connectivity index (χ2n) is 10.5. The van der Waals surface area contributed by atoms with Crippen molar-refractivity contribution in [3.8, 4) is 0 Å². The number of esters is 1. The van der Waals surface area contributed by atoms with Gasteiger partial charge in [-0.2, -0.15) is 0 Å². The molecule has 4 rings (SSSR count). The van der Waals surface area contributed by atoms with E-state index >= 15 is 0 Å². The number of aliphatic hydroxyl groups is 1. The maximum Gasteiger partial charge on any atom is 0.311 e. The normalized spacial score (nSPS) is 39.3. The van der Waals surface area contributed by atoms with Crippen LogP contribution in [0.5, 0.6) is 0 Å². The predicted octanol–water partition coefficient (Wildman–Crippen LogP) is 2.14. The van der Waals surface area contributed by atoms with E-state index in [0.29, 0.717) is 13.2 Å². The van der Waals surface area contributed by atoms with Gasteiger partial charge >= 0.3 is 5.97 Å². The number of fused-ring (bicyclic) bond motifs is 2. The van der Waals surface area contributed by atoms with Gasteiger partial charge < -0.3 is 19.6 Å². The zero-order valence-electron chi connectivity index (χ0n) is 19.5. The lowest BCUT2D eigenvalue weighted by Crippen LogP contribution is -2.59. The maximum absolute atomic E-state index is 14.0. The van der Waals surface area contributed by atoms with Crippen LogP contribution in [0.3, 0.4) is 0 Å². The molecule has 0 saturated carbocycles. The molecule has 4 aliphatic rings. The Morgan fingerprint density at radius 2 is 1.91 bits per heavy atom. The van der Waals surface area contributed by atoms with Gasteiger partial charge in [-0.1, -0.05) is 24.3 Å². The van der Waals surface area contributed by atoms with Crippen LogP contribution < -0.4 is 0 Å². The molecule has 0 aromatic carbocycles. The fourth-order valence-corrected chi connectivity index (χ4v) is 7.88. The topological polar surface area (TPSA) is 87.2 Å². The van der Waals surface area contributed by atoms with Crippen LogP contribution in [0.25, 0.3) is 0 Å². The molecule has 0 aliphatic carbocycles. The molecule has 2 fully saturated rings. The Bertz CT molecular complexity index is 880. The van der Waals surface area contributed by atoms with Crippen LogP contribution in [0.1, 0.15) is 47.5 Å². The molecule has 2 saturated heterocycles. The number of carbonyl (C=O) groups excluding carboxylic acids is 3. The van der Waals surface area contributed by atoms with Gasteiger partial charge in [-0.05, 0) is 47.5 Å². The molecule has 4 heterocycles. The SMILES string of the molecule is C[C@H](CO)N1C(=O)[C@@H]2[C@@H]3C(=O)OCCC/C=C\[C@]3(C)S[C@@]23C=CCN(C(C)(C)C)C(=O)C13. The van der Waals surface area contributed by atoms with Gasteiger partial charge in [-0.15, -0.1) is 11.8 Å². The quantitative estimate of drug-likeness (QED) is 0.500. The number of likely N-dealkylation sites (tertiary alicyclic amines) is 1. The molecule has 0 aromatic heterocycles. The number of aliphatic hydroxyl groups excluding tert-OH is 1. The first kappa shape index (κ1) is 23.4. The van der Waals surface area contributed by atoms with E-state index in [9.17, 15) is 19.5 Å². The molecule has 6 atom stereocenters. The van der Waals surface area contributed by atoms with Crippen molar-refractivity contribution in [2.45, 2.75) is 74.6 Å². The van der Waals surface area contributed by atoms with Gasteiger partial charge in [0.2, 0.25) is 11.8 Å². The predicted molar refractivity (Wildman–Crippen MR) is 123 cm³/mol. The molecular formula is C24H34N2O5S. The fraction of sp³-hybridized carbons (Fsp3) is 0.708. The largest absolute Gasteiger partial charge is 0.465 e. The Kier molecular flexibility index (Phi) is 5.77. The summed E-state index contributed by atoms with van der Waals surface area (Å²) in [6.07, 6.45) is 9.60. The van der Waals surface area contributed by atoms with Crippen LogP contribution in [-0.2, 0) is 19.1 Å². The van der Waals surface area contributed by atoms with Gasteiger partial charge in [-0.25, -0.2) is 0 Å². The van der Waals surface area contributed by atoms with Crippen molar-refractivity contribution in [3.63, 3.8) is 0 Å². The minimum absolute atomic E-state index is 0.140. The van der Waals surface area contributed by atoms with Crippen molar-refractivity contribution in [2.75, 3.05) is 19.8 Å².